The molecule has 4 heteroatoms. The maximum Gasteiger partial charge on any atom is 0.0594 e. The molecule has 1 aliphatic heterocycles. The van der Waals surface area contributed by atoms with Gasteiger partial charge >= 0.3 is 0 Å². The van der Waals surface area contributed by atoms with Crippen LogP contribution >= 0.6 is 0 Å². The summed E-state index contributed by atoms with van der Waals surface area (Å²) in [6.45, 7) is 7.27. The topological polar surface area (TPSA) is 24.9 Å². The number of ether oxygens (including phenoxy) is 2. The highest BCUT2D eigenvalue weighted by atomic mass is 16.5. The summed E-state index contributed by atoms with van der Waals surface area (Å²) >= 11 is 0. The SMILES string of the molecule is CN1CCOCCN(C)CCOCC1. The van der Waals surface area contributed by atoms with Crippen molar-refractivity contribution in [2.24, 2.45) is 0 Å². The molecule has 1 saturated heterocycles. The zero-order valence-electron chi connectivity index (χ0n) is 9.37. The molecule has 0 N–H and O–H groups in total. The summed E-state index contributed by atoms with van der Waals surface area (Å²) in [4.78, 5) is 4.48. The molecule has 1 heterocycles. The summed E-state index contributed by atoms with van der Waals surface area (Å²) in [5.41, 5.74) is 0. The third kappa shape index (κ3) is 5.54. The molecule has 4 nitrogen and oxygen atoms in total. The van der Waals surface area contributed by atoms with Gasteiger partial charge in [-0.05, 0) is 14.1 Å². The van der Waals surface area contributed by atoms with Crippen molar-refractivity contribution in [2.75, 3.05) is 66.7 Å². The number of likely N-dealkylation sites (N-methyl/N-ethyl adjacent to an activating group) is 2. The van der Waals surface area contributed by atoms with Gasteiger partial charge in [0, 0.05) is 26.2 Å². The highest BCUT2D eigenvalue weighted by molar-refractivity contribution is 4.54. The molecule has 1 aliphatic rings. The number of rotatable bonds is 0. The van der Waals surface area contributed by atoms with E-state index in [9.17, 15) is 0 Å². The third-order valence-electron chi connectivity index (χ3n) is 2.47. The minimum Gasteiger partial charge on any atom is -0.379 e. The van der Waals surface area contributed by atoms with Gasteiger partial charge in [-0.25, -0.2) is 0 Å². The second kappa shape index (κ2) is 7.17. The Kier molecular flexibility index (Phi) is 6.10. The summed E-state index contributed by atoms with van der Waals surface area (Å²) in [5.74, 6) is 0. The molecule has 0 saturated carbocycles. The van der Waals surface area contributed by atoms with Crippen LogP contribution in [0.1, 0.15) is 0 Å². The third-order valence-corrected chi connectivity index (χ3v) is 2.47. The van der Waals surface area contributed by atoms with E-state index in [-0.39, 0.29) is 0 Å². The van der Waals surface area contributed by atoms with Crippen molar-refractivity contribution >= 4 is 0 Å². The number of hydrogen-bond acceptors (Lipinski definition) is 4. The van der Waals surface area contributed by atoms with Crippen LogP contribution in [0.2, 0.25) is 0 Å². The summed E-state index contributed by atoms with van der Waals surface area (Å²) < 4.78 is 11.0. The molecule has 0 aliphatic carbocycles. The van der Waals surface area contributed by atoms with Crippen molar-refractivity contribution < 1.29 is 9.47 Å². The lowest BCUT2D eigenvalue weighted by atomic mass is 10.5. The van der Waals surface area contributed by atoms with Gasteiger partial charge in [0.1, 0.15) is 0 Å². The van der Waals surface area contributed by atoms with Crippen LogP contribution in [0.5, 0.6) is 0 Å². The Bertz CT molecular complexity index is 116. The molecular formula is C10H22N2O2. The Morgan fingerprint density at radius 3 is 1.21 bits per heavy atom. The van der Waals surface area contributed by atoms with Crippen LogP contribution < -0.4 is 0 Å². The lowest BCUT2D eigenvalue weighted by Crippen LogP contribution is -2.32. The average Bonchev–Trinajstić information content (AvgIpc) is 2.14. The predicted octanol–water partition coefficient (Wildman–Crippen LogP) is -0.103. The number of hydrogen-bond donors (Lipinski definition) is 0. The molecule has 0 unspecified atom stereocenters. The van der Waals surface area contributed by atoms with Crippen LogP contribution in [0, 0.1) is 0 Å². The van der Waals surface area contributed by atoms with Crippen LogP contribution in [-0.2, 0) is 9.47 Å². The fourth-order valence-corrected chi connectivity index (χ4v) is 1.31. The normalized spacial score (nSPS) is 25.3. The van der Waals surface area contributed by atoms with Crippen LogP contribution in [-0.4, -0.2) is 76.5 Å². The fourth-order valence-electron chi connectivity index (χ4n) is 1.31. The van der Waals surface area contributed by atoms with Crippen molar-refractivity contribution in [3.8, 4) is 0 Å². The molecule has 1 rings (SSSR count). The minimum atomic E-state index is 0.824. The maximum absolute atomic E-state index is 5.52. The second-order valence-corrected chi connectivity index (χ2v) is 3.83. The first kappa shape index (κ1) is 11.9. The maximum atomic E-state index is 5.52. The van der Waals surface area contributed by atoms with E-state index in [1.165, 1.54) is 0 Å². The van der Waals surface area contributed by atoms with E-state index in [4.69, 9.17) is 9.47 Å². The Morgan fingerprint density at radius 1 is 0.643 bits per heavy atom. The van der Waals surface area contributed by atoms with E-state index < -0.39 is 0 Å². The van der Waals surface area contributed by atoms with Crippen molar-refractivity contribution in [3.63, 3.8) is 0 Å². The quantitative estimate of drug-likeness (QED) is 0.547. The van der Waals surface area contributed by atoms with E-state index in [1.807, 2.05) is 0 Å². The van der Waals surface area contributed by atoms with E-state index in [0.29, 0.717) is 0 Å². The van der Waals surface area contributed by atoms with Gasteiger partial charge in [-0.1, -0.05) is 0 Å². The van der Waals surface area contributed by atoms with Gasteiger partial charge in [0.05, 0.1) is 26.4 Å². The Morgan fingerprint density at radius 2 is 0.929 bits per heavy atom. The monoisotopic (exact) mass is 202 g/mol. The molecule has 0 spiro atoms. The number of nitrogens with zero attached hydrogens (tertiary/aromatic N) is 2. The first-order chi connectivity index (χ1) is 6.79. The van der Waals surface area contributed by atoms with Gasteiger partial charge in [0.15, 0.2) is 0 Å². The first-order valence-electron chi connectivity index (χ1n) is 5.31. The van der Waals surface area contributed by atoms with Crippen LogP contribution in [0.25, 0.3) is 0 Å². The highest BCUT2D eigenvalue weighted by Crippen LogP contribution is 1.90. The zero-order valence-corrected chi connectivity index (χ0v) is 9.37. The summed E-state index contributed by atoms with van der Waals surface area (Å²) in [6, 6.07) is 0. The second-order valence-electron chi connectivity index (χ2n) is 3.83. The lowest BCUT2D eigenvalue weighted by molar-refractivity contribution is 0.0504. The molecule has 14 heavy (non-hydrogen) atoms. The van der Waals surface area contributed by atoms with Gasteiger partial charge < -0.3 is 19.3 Å². The first-order valence-corrected chi connectivity index (χ1v) is 5.31. The minimum absolute atomic E-state index is 0.824. The van der Waals surface area contributed by atoms with Crippen molar-refractivity contribution in [3.05, 3.63) is 0 Å². The molecule has 0 aromatic rings. The molecule has 1 fully saturated rings. The van der Waals surface area contributed by atoms with Crippen molar-refractivity contribution in [1.82, 2.24) is 9.80 Å². The van der Waals surface area contributed by atoms with E-state index >= 15 is 0 Å². The standard InChI is InChI=1S/C10H22N2O2/c1-11-3-7-13-9-5-12(2)6-10-14-8-4-11/h3-10H2,1-2H3. The molecule has 0 radical (unpaired) electrons. The van der Waals surface area contributed by atoms with Gasteiger partial charge in [-0.2, -0.15) is 0 Å². The molecule has 0 aromatic carbocycles. The molecule has 0 aromatic heterocycles. The van der Waals surface area contributed by atoms with Gasteiger partial charge in [0.2, 0.25) is 0 Å². The van der Waals surface area contributed by atoms with Gasteiger partial charge in [0.25, 0.3) is 0 Å². The van der Waals surface area contributed by atoms with Crippen LogP contribution in [0.4, 0.5) is 0 Å². The predicted molar refractivity (Wildman–Crippen MR) is 56.6 cm³/mol. The summed E-state index contributed by atoms with van der Waals surface area (Å²) in [6.07, 6.45) is 0. The lowest BCUT2D eigenvalue weighted by Gasteiger charge is -2.21. The summed E-state index contributed by atoms with van der Waals surface area (Å²) in [7, 11) is 4.20. The highest BCUT2D eigenvalue weighted by Gasteiger charge is 2.02. The smallest absolute Gasteiger partial charge is 0.0594 e. The van der Waals surface area contributed by atoms with E-state index in [0.717, 1.165) is 52.6 Å². The van der Waals surface area contributed by atoms with Crippen molar-refractivity contribution in [1.29, 1.82) is 0 Å². The molecule has 0 amide bonds. The van der Waals surface area contributed by atoms with Gasteiger partial charge in [-0.15, -0.1) is 0 Å². The largest absolute Gasteiger partial charge is 0.379 e. The van der Waals surface area contributed by atoms with Gasteiger partial charge in [-0.3, -0.25) is 0 Å². The molecule has 84 valence electrons. The Hall–Kier alpha value is -0.160. The average molecular weight is 202 g/mol. The van der Waals surface area contributed by atoms with E-state index in [2.05, 4.69) is 23.9 Å². The Balaban J connectivity index is 2.19. The fraction of sp³-hybridized carbons (Fsp3) is 1.00. The molecular weight excluding hydrogens is 180 g/mol. The van der Waals surface area contributed by atoms with Crippen LogP contribution in [0.15, 0.2) is 0 Å². The molecule has 0 bridgehead atoms. The summed E-state index contributed by atoms with van der Waals surface area (Å²) in [5, 5.41) is 0. The zero-order chi connectivity index (χ0) is 10.2. The Labute approximate surface area is 86.8 Å². The van der Waals surface area contributed by atoms with Crippen LogP contribution in [0.3, 0.4) is 0 Å². The van der Waals surface area contributed by atoms with Crippen molar-refractivity contribution in [2.45, 2.75) is 0 Å². The van der Waals surface area contributed by atoms with E-state index in [1.54, 1.807) is 0 Å². The molecule has 0 atom stereocenters.